The molecule has 1 N–H and O–H groups in total. The van der Waals surface area contributed by atoms with Gasteiger partial charge in [-0.3, -0.25) is 0 Å². The maximum Gasteiger partial charge on any atom is 0.130 e. The van der Waals surface area contributed by atoms with Crippen LogP contribution in [0.3, 0.4) is 0 Å². The molecule has 2 rings (SSSR count). The molecule has 0 saturated carbocycles. The highest BCUT2D eigenvalue weighted by molar-refractivity contribution is 6.30. The number of aliphatic hydroxyl groups is 1. The van der Waals surface area contributed by atoms with E-state index in [9.17, 15) is 9.50 Å². The summed E-state index contributed by atoms with van der Waals surface area (Å²) < 4.78 is 13.7. The van der Waals surface area contributed by atoms with Crippen molar-refractivity contribution in [3.05, 3.63) is 69.0 Å². The van der Waals surface area contributed by atoms with Gasteiger partial charge in [-0.25, -0.2) is 4.39 Å². The highest BCUT2D eigenvalue weighted by atomic mass is 35.5. The first-order valence-corrected chi connectivity index (χ1v) is 6.13. The number of halogens is 3. The molecule has 2 aromatic rings. The average molecular weight is 285 g/mol. The summed E-state index contributed by atoms with van der Waals surface area (Å²) >= 11 is 11.6. The Kier molecular flexibility index (Phi) is 3.91. The number of rotatable bonds is 2. The molecule has 4 heteroatoms. The van der Waals surface area contributed by atoms with Gasteiger partial charge in [-0.05, 0) is 42.3 Å². The smallest absolute Gasteiger partial charge is 0.130 e. The third-order valence-corrected chi connectivity index (χ3v) is 3.26. The Morgan fingerprint density at radius 3 is 2.28 bits per heavy atom. The Morgan fingerprint density at radius 2 is 1.61 bits per heavy atom. The Hall–Kier alpha value is -1.09. The second kappa shape index (κ2) is 5.27. The lowest BCUT2D eigenvalue weighted by Crippen LogP contribution is -2.04. The fourth-order valence-corrected chi connectivity index (χ4v) is 2.14. The van der Waals surface area contributed by atoms with E-state index in [0.29, 0.717) is 15.6 Å². The monoisotopic (exact) mass is 284 g/mol. The van der Waals surface area contributed by atoms with Gasteiger partial charge in [0.25, 0.3) is 0 Å². The van der Waals surface area contributed by atoms with E-state index in [1.54, 1.807) is 24.3 Å². The van der Waals surface area contributed by atoms with Crippen LogP contribution in [0, 0.1) is 12.7 Å². The fourth-order valence-electron chi connectivity index (χ4n) is 1.80. The van der Waals surface area contributed by atoms with Crippen LogP contribution < -0.4 is 0 Å². The van der Waals surface area contributed by atoms with E-state index in [1.807, 2.05) is 6.92 Å². The highest BCUT2D eigenvalue weighted by Crippen LogP contribution is 2.29. The normalized spacial score (nSPS) is 12.5. The Morgan fingerprint density at radius 1 is 1.00 bits per heavy atom. The summed E-state index contributed by atoms with van der Waals surface area (Å²) in [5, 5.41) is 11.0. The van der Waals surface area contributed by atoms with Gasteiger partial charge in [0, 0.05) is 15.6 Å². The molecular formula is C14H11Cl2FO. The number of aryl methyl sites for hydroxylation is 1. The van der Waals surface area contributed by atoms with E-state index < -0.39 is 11.9 Å². The zero-order valence-corrected chi connectivity index (χ0v) is 11.1. The first-order chi connectivity index (χ1) is 8.49. The van der Waals surface area contributed by atoms with Crippen LogP contribution in [0.1, 0.15) is 22.8 Å². The first-order valence-electron chi connectivity index (χ1n) is 5.38. The van der Waals surface area contributed by atoms with E-state index in [-0.39, 0.29) is 5.56 Å². The van der Waals surface area contributed by atoms with Crippen LogP contribution in [0.15, 0.2) is 36.4 Å². The van der Waals surface area contributed by atoms with Gasteiger partial charge in [0.1, 0.15) is 11.9 Å². The van der Waals surface area contributed by atoms with Gasteiger partial charge in [-0.2, -0.15) is 0 Å². The second-order valence-corrected chi connectivity index (χ2v) is 4.94. The van der Waals surface area contributed by atoms with Gasteiger partial charge in [0.2, 0.25) is 0 Å². The third-order valence-electron chi connectivity index (χ3n) is 2.79. The summed E-state index contributed by atoms with van der Waals surface area (Å²) in [6.07, 6.45) is -1.05. The molecule has 0 aliphatic heterocycles. The zero-order valence-electron chi connectivity index (χ0n) is 9.62. The Bertz CT molecular complexity index is 584. The van der Waals surface area contributed by atoms with Crippen molar-refractivity contribution in [2.45, 2.75) is 13.0 Å². The quantitative estimate of drug-likeness (QED) is 0.860. The van der Waals surface area contributed by atoms with Crippen LogP contribution in [0.4, 0.5) is 4.39 Å². The number of hydrogen-bond acceptors (Lipinski definition) is 1. The molecule has 0 bridgehead atoms. The molecule has 0 heterocycles. The average Bonchev–Trinajstić information content (AvgIpc) is 2.31. The minimum atomic E-state index is -1.05. The van der Waals surface area contributed by atoms with Crippen LogP contribution in [0.5, 0.6) is 0 Å². The lowest BCUT2D eigenvalue weighted by Gasteiger charge is -2.15. The van der Waals surface area contributed by atoms with Crippen molar-refractivity contribution in [3.8, 4) is 0 Å². The molecule has 0 aliphatic carbocycles. The zero-order chi connectivity index (χ0) is 13.3. The SMILES string of the molecule is Cc1ccc(Cl)cc1C(O)c1ccc(Cl)cc1F. The molecule has 94 valence electrons. The lowest BCUT2D eigenvalue weighted by atomic mass is 9.97. The van der Waals surface area contributed by atoms with Crippen LogP contribution in [-0.2, 0) is 0 Å². The minimum absolute atomic E-state index is 0.185. The van der Waals surface area contributed by atoms with Gasteiger partial charge in [-0.1, -0.05) is 35.3 Å². The predicted molar refractivity (Wildman–Crippen MR) is 71.7 cm³/mol. The van der Waals surface area contributed by atoms with Crippen LogP contribution in [0.2, 0.25) is 10.0 Å². The Balaban J connectivity index is 2.47. The lowest BCUT2D eigenvalue weighted by molar-refractivity contribution is 0.214. The summed E-state index contributed by atoms with van der Waals surface area (Å²) in [6.45, 7) is 1.84. The molecule has 0 aliphatic rings. The molecule has 0 spiro atoms. The molecule has 1 unspecified atom stereocenters. The molecule has 18 heavy (non-hydrogen) atoms. The molecule has 0 amide bonds. The summed E-state index contributed by atoms with van der Waals surface area (Å²) in [6, 6.07) is 9.35. The van der Waals surface area contributed by atoms with E-state index in [2.05, 4.69) is 0 Å². The largest absolute Gasteiger partial charge is 0.384 e. The predicted octanol–water partition coefficient (Wildman–Crippen LogP) is 4.52. The van der Waals surface area contributed by atoms with E-state index in [0.717, 1.165) is 5.56 Å². The maximum atomic E-state index is 13.7. The van der Waals surface area contributed by atoms with Crippen LogP contribution in [0.25, 0.3) is 0 Å². The first kappa shape index (κ1) is 13.3. The van der Waals surface area contributed by atoms with Gasteiger partial charge >= 0.3 is 0 Å². The van der Waals surface area contributed by atoms with E-state index in [1.165, 1.54) is 12.1 Å². The van der Waals surface area contributed by atoms with Gasteiger partial charge in [0.05, 0.1) is 0 Å². The van der Waals surface area contributed by atoms with Crippen molar-refractivity contribution in [1.82, 2.24) is 0 Å². The van der Waals surface area contributed by atoms with Crippen molar-refractivity contribution in [2.24, 2.45) is 0 Å². The molecule has 2 aromatic carbocycles. The van der Waals surface area contributed by atoms with Crippen molar-refractivity contribution >= 4 is 23.2 Å². The molecule has 0 fully saturated rings. The molecular weight excluding hydrogens is 274 g/mol. The van der Waals surface area contributed by atoms with Crippen molar-refractivity contribution < 1.29 is 9.50 Å². The van der Waals surface area contributed by atoms with Crippen LogP contribution in [-0.4, -0.2) is 5.11 Å². The summed E-state index contributed by atoms with van der Waals surface area (Å²) in [7, 11) is 0. The van der Waals surface area contributed by atoms with E-state index >= 15 is 0 Å². The van der Waals surface area contributed by atoms with E-state index in [4.69, 9.17) is 23.2 Å². The fraction of sp³-hybridized carbons (Fsp3) is 0.143. The standard InChI is InChI=1S/C14H11Cl2FO/c1-8-2-3-9(15)6-12(8)14(18)11-5-4-10(16)7-13(11)17/h2-7,14,18H,1H3. The van der Waals surface area contributed by atoms with Gasteiger partial charge in [0.15, 0.2) is 0 Å². The molecule has 1 nitrogen and oxygen atoms in total. The second-order valence-electron chi connectivity index (χ2n) is 4.07. The summed E-state index contributed by atoms with van der Waals surface area (Å²) in [5.74, 6) is -0.533. The van der Waals surface area contributed by atoms with Crippen molar-refractivity contribution in [2.75, 3.05) is 0 Å². The number of aliphatic hydroxyl groups excluding tert-OH is 1. The molecule has 0 radical (unpaired) electrons. The van der Waals surface area contributed by atoms with Crippen molar-refractivity contribution in [3.63, 3.8) is 0 Å². The van der Waals surface area contributed by atoms with Crippen LogP contribution >= 0.6 is 23.2 Å². The molecule has 1 atom stereocenters. The Labute approximate surface area is 115 Å². The number of hydrogen-bond donors (Lipinski definition) is 1. The topological polar surface area (TPSA) is 20.2 Å². The highest BCUT2D eigenvalue weighted by Gasteiger charge is 2.17. The van der Waals surface area contributed by atoms with Crippen molar-refractivity contribution in [1.29, 1.82) is 0 Å². The summed E-state index contributed by atoms with van der Waals surface area (Å²) in [5.41, 5.74) is 1.62. The van der Waals surface area contributed by atoms with Gasteiger partial charge < -0.3 is 5.11 Å². The minimum Gasteiger partial charge on any atom is -0.384 e. The third kappa shape index (κ3) is 2.66. The summed E-state index contributed by atoms with van der Waals surface area (Å²) in [4.78, 5) is 0. The number of benzene rings is 2. The molecule has 0 aromatic heterocycles. The van der Waals surface area contributed by atoms with Gasteiger partial charge in [-0.15, -0.1) is 0 Å². The maximum absolute atomic E-state index is 13.7. The molecule has 0 saturated heterocycles.